The third-order valence-corrected chi connectivity index (χ3v) is 5.25. The molecule has 1 aliphatic carbocycles. The van der Waals surface area contributed by atoms with E-state index in [-0.39, 0.29) is 10.6 Å². The minimum absolute atomic E-state index is 0.124. The molecule has 2 aromatic rings. The van der Waals surface area contributed by atoms with Gasteiger partial charge in [-0.15, -0.1) is 0 Å². The van der Waals surface area contributed by atoms with Gasteiger partial charge in [0.05, 0.1) is 35.1 Å². The Morgan fingerprint density at radius 1 is 1.27 bits per heavy atom. The number of imidazole rings is 1. The minimum atomic E-state index is -0.350. The van der Waals surface area contributed by atoms with E-state index in [1.54, 1.807) is 17.0 Å². The van der Waals surface area contributed by atoms with Gasteiger partial charge >= 0.3 is 0 Å². The Morgan fingerprint density at radius 2 is 2.09 bits per heavy atom. The molecule has 1 fully saturated rings. The standard InChI is InChI=1S/C16H20N4O2/c21-20(22)13-6-7-15-14(10-13)17-16-11-18(8-9-19(15)16)12-4-2-1-3-5-12/h6-7,10,12H,1-5,8-9,11H2/p+1. The van der Waals surface area contributed by atoms with Crippen LogP contribution in [0.4, 0.5) is 5.69 Å². The lowest BCUT2D eigenvalue weighted by atomic mass is 9.94. The number of hydrogen-bond donors (Lipinski definition) is 1. The van der Waals surface area contributed by atoms with Gasteiger partial charge in [-0.1, -0.05) is 6.42 Å². The second-order valence-electron chi connectivity index (χ2n) is 6.53. The number of nitro benzene ring substituents is 1. The van der Waals surface area contributed by atoms with Gasteiger partial charge in [0.25, 0.3) is 5.69 Å². The summed E-state index contributed by atoms with van der Waals surface area (Å²) in [6, 6.07) is 5.80. The highest BCUT2D eigenvalue weighted by molar-refractivity contribution is 5.78. The van der Waals surface area contributed by atoms with Crippen LogP contribution in [-0.2, 0) is 13.1 Å². The molecule has 4 rings (SSSR count). The first-order chi connectivity index (χ1) is 10.7. The van der Waals surface area contributed by atoms with E-state index in [4.69, 9.17) is 0 Å². The lowest BCUT2D eigenvalue weighted by molar-refractivity contribution is -0.944. The Hall–Kier alpha value is -1.95. The topological polar surface area (TPSA) is 65.4 Å². The number of hydrogen-bond acceptors (Lipinski definition) is 3. The summed E-state index contributed by atoms with van der Waals surface area (Å²) in [4.78, 5) is 16.9. The molecule has 22 heavy (non-hydrogen) atoms. The average Bonchev–Trinajstić information content (AvgIpc) is 2.92. The molecule has 1 saturated carbocycles. The maximum atomic E-state index is 10.9. The summed E-state index contributed by atoms with van der Waals surface area (Å²) in [5, 5.41) is 10.9. The minimum Gasteiger partial charge on any atom is -0.325 e. The number of nitrogens with zero attached hydrogens (tertiary/aromatic N) is 3. The Bertz CT molecular complexity index is 718. The fourth-order valence-electron chi connectivity index (χ4n) is 4.07. The zero-order chi connectivity index (χ0) is 15.1. The highest BCUT2D eigenvalue weighted by Gasteiger charge is 2.30. The van der Waals surface area contributed by atoms with Crippen molar-refractivity contribution in [2.45, 2.75) is 51.2 Å². The summed E-state index contributed by atoms with van der Waals surface area (Å²) < 4.78 is 2.24. The summed E-state index contributed by atoms with van der Waals surface area (Å²) in [5.74, 6) is 1.09. The van der Waals surface area contributed by atoms with Gasteiger partial charge < -0.3 is 9.47 Å². The highest BCUT2D eigenvalue weighted by atomic mass is 16.6. The van der Waals surface area contributed by atoms with Crippen LogP contribution in [0.3, 0.4) is 0 Å². The second kappa shape index (κ2) is 5.35. The monoisotopic (exact) mass is 301 g/mol. The number of non-ortho nitro benzene ring substituents is 1. The van der Waals surface area contributed by atoms with Crippen LogP contribution in [0.2, 0.25) is 0 Å². The first kappa shape index (κ1) is 13.7. The maximum Gasteiger partial charge on any atom is 0.271 e. The SMILES string of the molecule is O=[N+]([O-])c1ccc2c(c1)nc1n2CC[NH+](C2CCCCC2)C1. The Kier molecular flexibility index (Phi) is 3.33. The molecule has 0 radical (unpaired) electrons. The van der Waals surface area contributed by atoms with Crippen molar-refractivity contribution in [3.8, 4) is 0 Å². The highest BCUT2D eigenvalue weighted by Crippen LogP contribution is 2.23. The maximum absolute atomic E-state index is 10.9. The van der Waals surface area contributed by atoms with Crippen LogP contribution in [0.1, 0.15) is 37.9 Å². The zero-order valence-corrected chi connectivity index (χ0v) is 12.6. The quantitative estimate of drug-likeness (QED) is 0.678. The van der Waals surface area contributed by atoms with Gasteiger partial charge in [0.1, 0.15) is 6.54 Å². The number of rotatable bonds is 2. The van der Waals surface area contributed by atoms with Gasteiger partial charge in [-0.3, -0.25) is 10.1 Å². The van der Waals surface area contributed by atoms with Crippen LogP contribution in [0.15, 0.2) is 18.2 Å². The van der Waals surface area contributed by atoms with Gasteiger partial charge in [-0.25, -0.2) is 4.98 Å². The van der Waals surface area contributed by atoms with Crippen LogP contribution in [0, 0.1) is 10.1 Å². The summed E-state index contributed by atoms with van der Waals surface area (Å²) in [6.45, 7) is 3.06. The molecule has 1 aromatic heterocycles. The lowest BCUT2D eigenvalue weighted by Gasteiger charge is -2.34. The number of nitro groups is 1. The summed E-state index contributed by atoms with van der Waals surface area (Å²) in [6.07, 6.45) is 6.77. The van der Waals surface area contributed by atoms with Crippen LogP contribution in [0.25, 0.3) is 11.0 Å². The van der Waals surface area contributed by atoms with Crippen LogP contribution in [0.5, 0.6) is 0 Å². The predicted molar refractivity (Wildman–Crippen MR) is 82.8 cm³/mol. The van der Waals surface area contributed by atoms with Crippen molar-refractivity contribution in [2.24, 2.45) is 0 Å². The number of fused-ring (bicyclic) bond motifs is 3. The van der Waals surface area contributed by atoms with Gasteiger partial charge in [0.2, 0.25) is 0 Å². The predicted octanol–water partition coefficient (Wildman–Crippen LogP) is 1.68. The third-order valence-electron chi connectivity index (χ3n) is 5.25. The fraction of sp³-hybridized carbons (Fsp3) is 0.562. The molecule has 2 heterocycles. The first-order valence-electron chi connectivity index (χ1n) is 8.20. The van der Waals surface area contributed by atoms with E-state index in [1.807, 2.05) is 6.07 Å². The van der Waals surface area contributed by atoms with E-state index in [9.17, 15) is 10.1 Å². The molecule has 6 nitrogen and oxygen atoms in total. The van der Waals surface area contributed by atoms with Crippen molar-refractivity contribution in [1.29, 1.82) is 0 Å². The molecule has 6 heteroatoms. The molecular formula is C16H21N4O2+. The van der Waals surface area contributed by atoms with Crippen LogP contribution in [-0.4, -0.2) is 27.1 Å². The Balaban J connectivity index is 1.64. The van der Waals surface area contributed by atoms with Gasteiger partial charge in [0, 0.05) is 12.1 Å². The number of aromatic nitrogens is 2. The van der Waals surface area contributed by atoms with Crippen molar-refractivity contribution < 1.29 is 9.82 Å². The van der Waals surface area contributed by atoms with E-state index < -0.39 is 0 Å². The number of quaternary nitrogens is 1. The molecule has 0 spiro atoms. The van der Waals surface area contributed by atoms with E-state index in [0.717, 1.165) is 42.5 Å². The van der Waals surface area contributed by atoms with Crippen molar-refractivity contribution in [2.75, 3.05) is 6.54 Å². The van der Waals surface area contributed by atoms with Crippen molar-refractivity contribution in [1.82, 2.24) is 9.55 Å². The molecule has 1 atom stereocenters. The first-order valence-corrected chi connectivity index (χ1v) is 8.20. The van der Waals surface area contributed by atoms with E-state index >= 15 is 0 Å². The largest absolute Gasteiger partial charge is 0.325 e. The molecule has 116 valence electrons. The molecule has 0 saturated heterocycles. The smallest absolute Gasteiger partial charge is 0.271 e. The summed E-state index contributed by atoms with van der Waals surface area (Å²) in [5.41, 5.74) is 1.91. The van der Waals surface area contributed by atoms with E-state index in [1.165, 1.54) is 32.1 Å². The van der Waals surface area contributed by atoms with Gasteiger partial charge in [-0.05, 0) is 31.7 Å². The van der Waals surface area contributed by atoms with Crippen molar-refractivity contribution in [3.63, 3.8) is 0 Å². The molecule has 1 aromatic carbocycles. The normalized spacial score (nSPS) is 22.6. The van der Waals surface area contributed by atoms with Gasteiger partial charge in [-0.2, -0.15) is 0 Å². The third kappa shape index (κ3) is 2.27. The molecule has 0 bridgehead atoms. The Labute approximate surface area is 128 Å². The average molecular weight is 301 g/mol. The zero-order valence-electron chi connectivity index (χ0n) is 12.6. The van der Waals surface area contributed by atoms with Crippen LogP contribution < -0.4 is 4.90 Å². The fourth-order valence-corrected chi connectivity index (χ4v) is 4.07. The number of benzene rings is 1. The Morgan fingerprint density at radius 3 is 2.86 bits per heavy atom. The van der Waals surface area contributed by atoms with Crippen LogP contribution >= 0.6 is 0 Å². The van der Waals surface area contributed by atoms with Crippen molar-refractivity contribution in [3.05, 3.63) is 34.1 Å². The second-order valence-corrected chi connectivity index (χ2v) is 6.53. The lowest BCUT2D eigenvalue weighted by Crippen LogP contribution is -3.15. The number of nitrogens with one attached hydrogen (secondary N) is 1. The molecule has 1 unspecified atom stereocenters. The molecule has 1 N–H and O–H groups in total. The molecule has 1 aliphatic heterocycles. The van der Waals surface area contributed by atoms with E-state index in [2.05, 4.69) is 9.55 Å². The van der Waals surface area contributed by atoms with Crippen molar-refractivity contribution >= 4 is 16.7 Å². The van der Waals surface area contributed by atoms with Gasteiger partial charge in [0.15, 0.2) is 5.82 Å². The summed E-state index contributed by atoms with van der Waals surface area (Å²) in [7, 11) is 0. The molecule has 2 aliphatic rings. The molecular weight excluding hydrogens is 280 g/mol. The summed E-state index contributed by atoms with van der Waals surface area (Å²) >= 11 is 0. The van der Waals surface area contributed by atoms with E-state index in [0.29, 0.717) is 0 Å². The molecule has 0 amide bonds.